The Morgan fingerprint density at radius 1 is 1.33 bits per heavy atom. The van der Waals surface area contributed by atoms with Gasteiger partial charge in [-0.3, -0.25) is 4.90 Å². The van der Waals surface area contributed by atoms with E-state index in [1.165, 1.54) is 38.8 Å². The summed E-state index contributed by atoms with van der Waals surface area (Å²) in [7, 11) is 1.82. The molecule has 0 bridgehead atoms. The summed E-state index contributed by atoms with van der Waals surface area (Å²) in [5, 5.41) is 0. The van der Waals surface area contributed by atoms with Gasteiger partial charge < -0.3 is 10.5 Å². The largest absolute Gasteiger partial charge is 0.381 e. The van der Waals surface area contributed by atoms with E-state index < -0.39 is 0 Å². The molecule has 0 aromatic carbocycles. The highest BCUT2D eigenvalue weighted by molar-refractivity contribution is 4.84. The van der Waals surface area contributed by atoms with Crippen LogP contribution in [0.2, 0.25) is 0 Å². The number of nitrogens with two attached hydrogens (primary N) is 1. The third kappa shape index (κ3) is 3.16. The summed E-state index contributed by atoms with van der Waals surface area (Å²) in [6.45, 7) is 3.21. The van der Waals surface area contributed by atoms with Crippen LogP contribution >= 0.6 is 0 Å². The summed E-state index contributed by atoms with van der Waals surface area (Å²) in [5.74, 6) is 1.03. The Bertz CT molecular complexity index is 194. The van der Waals surface area contributed by atoms with Crippen molar-refractivity contribution in [1.82, 2.24) is 4.90 Å². The lowest BCUT2D eigenvalue weighted by Crippen LogP contribution is -2.48. The molecule has 2 aliphatic rings. The van der Waals surface area contributed by atoms with Gasteiger partial charge in [-0.15, -0.1) is 0 Å². The molecule has 1 saturated carbocycles. The fraction of sp³-hybridized carbons (Fsp3) is 1.00. The van der Waals surface area contributed by atoms with Crippen molar-refractivity contribution in [3.63, 3.8) is 0 Å². The molecule has 2 fully saturated rings. The highest BCUT2D eigenvalue weighted by Crippen LogP contribution is 2.33. The van der Waals surface area contributed by atoms with Gasteiger partial charge in [0, 0.05) is 26.2 Å². The van der Waals surface area contributed by atoms with Crippen molar-refractivity contribution < 1.29 is 4.74 Å². The first-order valence-electron chi connectivity index (χ1n) is 6.30. The van der Waals surface area contributed by atoms with Gasteiger partial charge in [0.1, 0.15) is 0 Å². The number of hydrogen-bond donors (Lipinski definition) is 1. The standard InChI is InChI=1S/C12H24N2O/c1-15-12-5-7-14(11(8-12)9-13)6-4-10-2-3-10/h10-12H,2-9,13H2,1H3. The van der Waals surface area contributed by atoms with Crippen molar-refractivity contribution in [2.24, 2.45) is 11.7 Å². The van der Waals surface area contributed by atoms with Gasteiger partial charge in [0.2, 0.25) is 0 Å². The average Bonchev–Trinajstić information content (AvgIpc) is 3.10. The normalized spacial score (nSPS) is 33.2. The van der Waals surface area contributed by atoms with Crippen LogP contribution in [0.4, 0.5) is 0 Å². The molecule has 0 spiro atoms. The number of rotatable bonds is 5. The summed E-state index contributed by atoms with van der Waals surface area (Å²) in [4.78, 5) is 2.58. The second kappa shape index (κ2) is 5.28. The molecule has 0 aromatic heterocycles. The lowest BCUT2D eigenvalue weighted by Gasteiger charge is -2.38. The van der Waals surface area contributed by atoms with E-state index >= 15 is 0 Å². The Hall–Kier alpha value is -0.120. The molecule has 1 heterocycles. The van der Waals surface area contributed by atoms with Crippen LogP contribution in [0.25, 0.3) is 0 Å². The van der Waals surface area contributed by atoms with Gasteiger partial charge in [0.05, 0.1) is 6.10 Å². The molecule has 2 atom stereocenters. The Morgan fingerprint density at radius 2 is 2.13 bits per heavy atom. The Balaban J connectivity index is 1.76. The highest BCUT2D eigenvalue weighted by atomic mass is 16.5. The number of likely N-dealkylation sites (tertiary alicyclic amines) is 1. The zero-order valence-corrected chi connectivity index (χ0v) is 9.82. The number of piperidine rings is 1. The maximum absolute atomic E-state index is 5.84. The number of methoxy groups -OCH3 is 1. The van der Waals surface area contributed by atoms with Crippen LogP contribution in [-0.2, 0) is 4.74 Å². The van der Waals surface area contributed by atoms with Crippen molar-refractivity contribution in [3.8, 4) is 0 Å². The SMILES string of the molecule is COC1CCN(CCC2CC2)C(CN)C1. The van der Waals surface area contributed by atoms with E-state index in [2.05, 4.69) is 4.90 Å². The molecule has 0 radical (unpaired) electrons. The Kier molecular flexibility index (Phi) is 4.00. The minimum atomic E-state index is 0.440. The first-order chi connectivity index (χ1) is 7.33. The minimum absolute atomic E-state index is 0.440. The summed E-state index contributed by atoms with van der Waals surface area (Å²) < 4.78 is 5.43. The lowest BCUT2D eigenvalue weighted by molar-refractivity contribution is 0.0125. The third-order valence-electron chi connectivity index (χ3n) is 3.92. The first-order valence-corrected chi connectivity index (χ1v) is 6.30. The summed E-state index contributed by atoms with van der Waals surface area (Å²) in [6.07, 6.45) is 7.04. The average molecular weight is 212 g/mol. The van der Waals surface area contributed by atoms with E-state index in [9.17, 15) is 0 Å². The molecule has 0 amide bonds. The Morgan fingerprint density at radius 3 is 2.73 bits per heavy atom. The van der Waals surface area contributed by atoms with Gasteiger partial charge in [-0.1, -0.05) is 12.8 Å². The molecular weight excluding hydrogens is 188 g/mol. The van der Waals surface area contributed by atoms with Crippen molar-refractivity contribution in [1.29, 1.82) is 0 Å². The zero-order chi connectivity index (χ0) is 10.7. The zero-order valence-electron chi connectivity index (χ0n) is 9.82. The molecule has 2 unspecified atom stereocenters. The van der Waals surface area contributed by atoms with Crippen LogP contribution in [0.15, 0.2) is 0 Å². The van der Waals surface area contributed by atoms with Crippen LogP contribution in [0, 0.1) is 5.92 Å². The van der Waals surface area contributed by atoms with E-state index in [0.717, 1.165) is 18.9 Å². The third-order valence-corrected chi connectivity index (χ3v) is 3.92. The van der Waals surface area contributed by atoms with E-state index in [1.807, 2.05) is 7.11 Å². The van der Waals surface area contributed by atoms with E-state index in [0.29, 0.717) is 12.1 Å². The highest BCUT2D eigenvalue weighted by Gasteiger charge is 2.29. The smallest absolute Gasteiger partial charge is 0.0599 e. The second-order valence-corrected chi connectivity index (χ2v) is 5.04. The van der Waals surface area contributed by atoms with E-state index in [1.54, 1.807) is 0 Å². The fourth-order valence-corrected chi connectivity index (χ4v) is 2.57. The van der Waals surface area contributed by atoms with Crippen LogP contribution in [0.3, 0.4) is 0 Å². The van der Waals surface area contributed by atoms with Crippen molar-refractivity contribution in [2.75, 3.05) is 26.7 Å². The molecule has 3 nitrogen and oxygen atoms in total. The molecule has 2 rings (SSSR count). The quantitative estimate of drug-likeness (QED) is 0.745. The van der Waals surface area contributed by atoms with Crippen molar-refractivity contribution in [3.05, 3.63) is 0 Å². The molecule has 88 valence electrons. The van der Waals surface area contributed by atoms with Crippen molar-refractivity contribution in [2.45, 2.75) is 44.2 Å². The molecule has 1 aliphatic carbocycles. The number of hydrogen-bond acceptors (Lipinski definition) is 3. The van der Waals surface area contributed by atoms with Gasteiger partial charge in [0.15, 0.2) is 0 Å². The van der Waals surface area contributed by atoms with Crippen LogP contribution < -0.4 is 5.73 Å². The van der Waals surface area contributed by atoms with Crippen LogP contribution in [0.1, 0.15) is 32.1 Å². The van der Waals surface area contributed by atoms with Gasteiger partial charge in [-0.25, -0.2) is 0 Å². The van der Waals surface area contributed by atoms with E-state index in [4.69, 9.17) is 10.5 Å². The lowest BCUT2D eigenvalue weighted by atomic mass is 9.99. The number of nitrogens with zero attached hydrogens (tertiary/aromatic N) is 1. The predicted octanol–water partition coefficient (Wildman–Crippen LogP) is 1.22. The molecule has 3 heteroatoms. The predicted molar refractivity (Wildman–Crippen MR) is 61.8 cm³/mol. The molecule has 1 saturated heterocycles. The minimum Gasteiger partial charge on any atom is -0.381 e. The maximum Gasteiger partial charge on any atom is 0.0599 e. The topological polar surface area (TPSA) is 38.5 Å². The van der Waals surface area contributed by atoms with Crippen molar-refractivity contribution >= 4 is 0 Å². The molecule has 1 aliphatic heterocycles. The summed E-state index contributed by atoms with van der Waals surface area (Å²) in [6, 6.07) is 0.558. The van der Waals surface area contributed by atoms with Gasteiger partial charge in [-0.2, -0.15) is 0 Å². The van der Waals surface area contributed by atoms with Gasteiger partial charge >= 0.3 is 0 Å². The van der Waals surface area contributed by atoms with E-state index in [-0.39, 0.29) is 0 Å². The van der Waals surface area contributed by atoms with Gasteiger partial charge in [0.25, 0.3) is 0 Å². The summed E-state index contributed by atoms with van der Waals surface area (Å²) in [5.41, 5.74) is 5.84. The maximum atomic E-state index is 5.84. The summed E-state index contributed by atoms with van der Waals surface area (Å²) >= 11 is 0. The number of ether oxygens (including phenoxy) is 1. The molecule has 0 aromatic rings. The van der Waals surface area contributed by atoms with Gasteiger partial charge in [-0.05, 0) is 31.7 Å². The molecular formula is C12H24N2O. The molecule has 2 N–H and O–H groups in total. The fourth-order valence-electron chi connectivity index (χ4n) is 2.57. The second-order valence-electron chi connectivity index (χ2n) is 5.04. The van der Waals surface area contributed by atoms with Crippen LogP contribution in [0.5, 0.6) is 0 Å². The van der Waals surface area contributed by atoms with Crippen LogP contribution in [-0.4, -0.2) is 43.8 Å². The first kappa shape index (κ1) is 11.4. The molecule has 15 heavy (non-hydrogen) atoms. The Labute approximate surface area is 93.0 Å². The monoisotopic (exact) mass is 212 g/mol.